The van der Waals surface area contributed by atoms with Gasteiger partial charge in [-0.05, 0) is 6.42 Å². The molecule has 0 aliphatic heterocycles. The van der Waals surface area contributed by atoms with Gasteiger partial charge in [-0.1, -0.05) is 0 Å². The van der Waals surface area contributed by atoms with Crippen molar-refractivity contribution in [2.24, 2.45) is 7.05 Å². The second-order valence-electron chi connectivity index (χ2n) is 2.57. The predicted molar refractivity (Wildman–Crippen MR) is 35.9 cm³/mol. The Balaban J connectivity index is 2.63. The van der Waals surface area contributed by atoms with Crippen molar-refractivity contribution in [3.05, 3.63) is 17.7 Å². The lowest BCUT2D eigenvalue weighted by Gasteiger charge is -1.91. The Kier molecular flexibility index (Phi) is 0.952. The molecule has 0 amide bonds. The molecule has 1 aliphatic rings. The fourth-order valence-corrected chi connectivity index (χ4v) is 1.33. The maximum atomic E-state index is 11.0. The summed E-state index contributed by atoms with van der Waals surface area (Å²) in [5.74, 6) is 0.190. The highest BCUT2D eigenvalue weighted by Gasteiger charge is 2.23. The highest BCUT2D eigenvalue weighted by Crippen LogP contribution is 2.18. The van der Waals surface area contributed by atoms with Crippen LogP contribution in [0.5, 0.6) is 0 Å². The number of fused-ring (bicyclic) bond motifs is 1. The lowest BCUT2D eigenvalue weighted by atomic mass is 10.3. The molecule has 1 aromatic heterocycles. The van der Waals surface area contributed by atoms with Crippen molar-refractivity contribution in [3.63, 3.8) is 0 Å². The first-order valence-electron chi connectivity index (χ1n) is 3.32. The van der Waals surface area contributed by atoms with E-state index >= 15 is 0 Å². The summed E-state index contributed by atoms with van der Waals surface area (Å²) in [5.41, 5.74) is 1.77. The maximum absolute atomic E-state index is 11.0. The van der Waals surface area contributed by atoms with Crippen LogP contribution < -0.4 is 0 Å². The zero-order valence-electron chi connectivity index (χ0n) is 5.79. The van der Waals surface area contributed by atoms with Gasteiger partial charge in [0.25, 0.3) is 0 Å². The molecular formula is C7H8N2O. The van der Waals surface area contributed by atoms with Gasteiger partial charge in [0, 0.05) is 19.2 Å². The van der Waals surface area contributed by atoms with E-state index in [2.05, 4.69) is 4.98 Å². The normalized spacial score (nSPS) is 15.9. The average Bonchev–Trinajstić information content (AvgIpc) is 2.41. The molecular weight excluding hydrogens is 128 g/mol. The Morgan fingerprint density at radius 1 is 1.60 bits per heavy atom. The number of ketones is 1. The lowest BCUT2D eigenvalue weighted by molar-refractivity contribution is 0.0990. The third-order valence-corrected chi connectivity index (χ3v) is 1.91. The summed E-state index contributed by atoms with van der Waals surface area (Å²) in [5, 5.41) is 0. The van der Waals surface area contributed by atoms with E-state index in [4.69, 9.17) is 0 Å². The van der Waals surface area contributed by atoms with Gasteiger partial charge in [-0.2, -0.15) is 0 Å². The molecule has 52 valence electrons. The minimum atomic E-state index is 0.190. The average molecular weight is 136 g/mol. The van der Waals surface area contributed by atoms with Crippen LogP contribution >= 0.6 is 0 Å². The third kappa shape index (κ3) is 0.546. The molecule has 2 rings (SSSR count). The molecule has 0 spiro atoms. The standard InChI is InChI=1S/C7H8N2O/c1-9-4-8-7-5(9)2-3-6(7)10/h4H,2-3H2,1H3. The van der Waals surface area contributed by atoms with Gasteiger partial charge in [0.2, 0.25) is 0 Å². The molecule has 0 aromatic carbocycles. The monoisotopic (exact) mass is 136 g/mol. The molecule has 0 fully saturated rings. The summed E-state index contributed by atoms with van der Waals surface area (Å²) < 4.78 is 1.92. The van der Waals surface area contributed by atoms with E-state index in [9.17, 15) is 4.79 Å². The first-order chi connectivity index (χ1) is 4.79. The zero-order chi connectivity index (χ0) is 7.14. The Bertz CT molecular complexity index is 288. The number of aryl methyl sites for hydroxylation is 1. The van der Waals surface area contributed by atoms with E-state index in [0.717, 1.165) is 12.1 Å². The van der Waals surface area contributed by atoms with E-state index in [1.54, 1.807) is 6.33 Å². The van der Waals surface area contributed by atoms with E-state index in [-0.39, 0.29) is 5.78 Å². The molecule has 0 saturated carbocycles. The smallest absolute Gasteiger partial charge is 0.183 e. The highest BCUT2D eigenvalue weighted by molar-refractivity contribution is 5.98. The molecule has 1 heterocycles. The zero-order valence-corrected chi connectivity index (χ0v) is 5.79. The topological polar surface area (TPSA) is 34.9 Å². The van der Waals surface area contributed by atoms with Crippen LogP contribution in [-0.2, 0) is 13.5 Å². The predicted octanol–water partition coefficient (Wildman–Crippen LogP) is 0.549. The minimum Gasteiger partial charge on any atom is -0.337 e. The number of imidazole rings is 1. The van der Waals surface area contributed by atoms with Crippen LogP contribution in [0.25, 0.3) is 0 Å². The van der Waals surface area contributed by atoms with Crippen molar-refractivity contribution >= 4 is 5.78 Å². The number of aromatic nitrogens is 2. The maximum Gasteiger partial charge on any atom is 0.183 e. The fourth-order valence-electron chi connectivity index (χ4n) is 1.33. The Labute approximate surface area is 58.7 Å². The van der Waals surface area contributed by atoms with Crippen molar-refractivity contribution in [3.8, 4) is 0 Å². The van der Waals surface area contributed by atoms with Crippen molar-refractivity contribution < 1.29 is 4.79 Å². The second kappa shape index (κ2) is 1.68. The fraction of sp³-hybridized carbons (Fsp3) is 0.429. The molecule has 1 aliphatic carbocycles. The van der Waals surface area contributed by atoms with Gasteiger partial charge in [0.05, 0.1) is 6.33 Å². The van der Waals surface area contributed by atoms with Crippen molar-refractivity contribution in [2.45, 2.75) is 12.8 Å². The molecule has 0 radical (unpaired) electrons. The number of Topliss-reactive ketones (excluding diaryl/α,β-unsaturated/α-hetero) is 1. The molecule has 0 saturated heterocycles. The van der Waals surface area contributed by atoms with Crippen LogP contribution in [-0.4, -0.2) is 15.3 Å². The van der Waals surface area contributed by atoms with Gasteiger partial charge in [0.15, 0.2) is 5.78 Å². The Hall–Kier alpha value is -1.12. The molecule has 10 heavy (non-hydrogen) atoms. The van der Waals surface area contributed by atoms with Gasteiger partial charge >= 0.3 is 0 Å². The summed E-state index contributed by atoms with van der Waals surface area (Å²) in [6.45, 7) is 0. The van der Waals surface area contributed by atoms with E-state index < -0.39 is 0 Å². The van der Waals surface area contributed by atoms with Crippen molar-refractivity contribution in [1.82, 2.24) is 9.55 Å². The lowest BCUT2D eigenvalue weighted by Crippen LogP contribution is -1.90. The molecule has 3 heteroatoms. The molecule has 3 nitrogen and oxygen atoms in total. The van der Waals surface area contributed by atoms with E-state index in [0.29, 0.717) is 12.1 Å². The largest absolute Gasteiger partial charge is 0.337 e. The van der Waals surface area contributed by atoms with Crippen molar-refractivity contribution in [1.29, 1.82) is 0 Å². The number of rotatable bonds is 0. The van der Waals surface area contributed by atoms with Gasteiger partial charge in [-0.3, -0.25) is 4.79 Å². The SMILES string of the molecule is Cn1cnc2c1CCC2=O. The van der Waals surface area contributed by atoms with Gasteiger partial charge < -0.3 is 4.57 Å². The number of hydrogen-bond donors (Lipinski definition) is 0. The summed E-state index contributed by atoms with van der Waals surface area (Å²) in [6.07, 6.45) is 3.21. The number of nitrogens with zero attached hydrogens (tertiary/aromatic N) is 2. The second-order valence-corrected chi connectivity index (χ2v) is 2.57. The van der Waals surface area contributed by atoms with Crippen LogP contribution in [0, 0.1) is 0 Å². The van der Waals surface area contributed by atoms with Crippen LogP contribution in [0.15, 0.2) is 6.33 Å². The first-order valence-corrected chi connectivity index (χ1v) is 3.32. The summed E-state index contributed by atoms with van der Waals surface area (Å²) in [4.78, 5) is 15.0. The van der Waals surface area contributed by atoms with Crippen molar-refractivity contribution in [2.75, 3.05) is 0 Å². The van der Waals surface area contributed by atoms with Gasteiger partial charge in [-0.25, -0.2) is 4.98 Å². The van der Waals surface area contributed by atoms with Gasteiger partial charge in [-0.15, -0.1) is 0 Å². The van der Waals surface area contributed by atoms with E-state index in [1.807, 2.05) is 11.6 Å². The summed E-state index contributed by atoms with van der Waals surface area (Å²) >= 11 is 0. The quantitative estimate of drug-likeness (QED) is 0.522. The van der Waals surface area contributed by atoms with Crippen LogP contribution in [0.2, 0.25) is 0 Å². The Morgan fingerprint density at radius 3 is 3.10 bits per heavy atom. The van der Waals surface area contributed by atoms with Gasteiger partial charge in [0.1, 0.15) is 5.69 Å². The minimum absolute atomic E-state index is 0.190. The molecule has 0 N–H and O–H groups in total. The number of carbonyl (C=O) groups excluding carboxylic acids is 1. The van der Waals surface area contributed by atoms with Crippen LogP contribution in [0.4, 0.5) is 0 Å². The Morgan fingerprint density at radius 2 is 2.40 bits per heavy atom. The van der Waals surface area contributed by atoms with E-state index in [1.165, 1.54) is 0 Å². The highest BCUT2D eigenvalue weighted by atomic mass is 16.1. The number of hydrogen-bond acceptors (Lipinski definition) is 2. The van der Waals surface area contributed by atoms with Crippen LogP contribution in [0.1, 0.15) is 22.6 Å². The molecule has 0 atom stereocenters. The molecule has 0 unspecified atom stereocenters. The third-order valence-electron chi connectivity index (χ3n) is 1.91. The summed E-state index contributed by atoms with van der Waals surface area (Å²) in [7, 11) is 1.92. The number of carbonyl (C=O) groups is 1. The summed E-state index contributed by atoms with van der Waals surface area (Å²) in [6, 6.07) is 0. The molecule has 1 aromatic rings. The van der Waals surface area contributed by atoms with Crippen LogP contribution in [0.3, 0.4) is 0 Å². The first kappa shape index (κ1) is 5.65. The molecule has 0 bridgehead atoms.